The minimum atomic E-state index is -0.832. The molecule has 4 aromatic rings. The summed E-state index contributed by atoms with van der Waals surface area (Å²) in [7, 11) is 1.37. The van der Waals surface area contributed by atoms with Crippen molar-refractivity contribution in [2.75, 3.05) is 19.0 Å². The van der Waals surface area contributed by atoms with E-state index in [2.05, 4.69) is 38.3 Å². The van der Waals surface area contributed by atoms with Crippen molar-refractivity contribution in [3.05, 3.63) is 88.1 Å². The molecule has 13 nitrogen and oxygen atoms in total. The molecule has 0 bridgehead atoms. The molecule has 2 aromatic heterocycles. The van der Waals surface area contributed by atoms with Crippen molar-refractivity contribution in [2.24, 2.45) is 5.92 Å². The highest BCUT2D eigenvalue weighted by Crippen LogP contribution is 2.27. The predicted octanol–water partition coefficient (Wildman–Crippen LogP) is 6.19. The lowest BCUT2D eigenvalue weighted by Crippen LogP contribution is -2.44. The molecule has 53 heavy (non-hydrogen) atoms. The minimum Gasteiger partial charge on any atom is -0.469 e. The van der Waals surface area contributed by atoms with Gasteiger partial charge in [0.05, 0.1) is 34.8 Å². The second-order valence-corrected chi connectivity index (χ2v) is 13.5. The number of nitrogens with zero attached hydrogens (tertiary/aromatic N) is 2. The van der Waals surface area contributed by atoms with Crippen LogP contribution in [0.5, 0.6) is 0 Å². The highest BCUT2D eigenvalue weighted by atomic mass is 35.5. The monoisotopic (exact) mass is 740 g/mol. The molecule has 1 atom stereocenters. The number of hydrazine groups is 1. The fraction of sp³-hybridized carbons (Fsp3) is 0.308. The van der Waals surface area contributed by atoms with E-state index in [0.717, 1.165) is 12.8 Å². The van der Waals surface area contributed by atoms with Crippen LogP contribution in [0.4, 0.5) is 10.6 Å². The molecule has 4 rings (SSSR count). The van der Waals surface area contributed by atoms with E-state index in [1.807, 2.05) is 6.92 Å². The third-order valence-electron chi connectivity index (χ3n) is 7.63. The summed E-state index contributed by atoms with van der Waals surface area (Å²) in [5, 5.41) is 6.19. The number of esters is 1. The largest absolute Gasteiger partial charge is 0.469 e. The Hall–Kier alpha value is -6.00. The first-order chi connectivity index (χ1) is 25.1. The Kier molecular flexibility index (Phi) is 13.5. The zero-order valence-electron chi connectivity index (χ0n) is 30.3. The number of halogens is 1. The summed E-state index contributed by atoms with van der Waals surface area (Å²) in [6.45, 7) is 8.73. The Morgan fingerprint density at radius 3 is 2.32 bits per heavy atom. The van der Waals surface area contributed by atoms with E-state index < -0.39 is 17.6 Å². The highest BCUT2D eigenvalue weighted by molar-refractivity contribution is 6.32. The average Bonchev–Trinajstić information content (AvgIpc) is 3.11. The molecule has 0 saturated heterocycles. The lowest BCUT2D eigenvalue weighted by molar-refractivity contribution is -0.145. The summed E-state index contributed by atoms with van der Waals surface area (Å²) in [4.78, 5) is 70.2. The smallest absolute Gasteiger partial charge is 0.426 e. The molecule has 276 valence electrons. The fourth-order valence-electron chi connectivity index (χ4n) is 5.00. The summed E-state index contributed by atoms with van der Waals surface area (Å²) in [5.74, 6) is 4.73. The number of methoxy groups -OCH3 is 1. The van der Waals surface area contributed by atoms with E-state index >= 15 is 0 Å². The molecule has 0 aliphatic heterocycles. The van der Waals surface area contributed by atoms with Crippen molar-refractivity contribution < 1.29 is 33.4 Å². The summed E-state index contributed by atoms with van der Waals surface area (Å²) in [5.41, 5.74) is 7.12. The number of unbranched alkanes of at least 4 members (excludes halogenated alkanes) is 1. The van der Waals surface area contributed by atoms with Crippen molar-refractivity contribution >= 4 is 58.1 Å². The topological polar surface area (TPSA) is 178 Å². The van der Waals surface area contributed by atoms with Crippen LogP contribution in [-0.2, 0) is 19.1 Å². The van der Waals surface area contributed by atoms with Crippen LogP contribution in [0.2, 0.25) is 5.02 Å². The number of fused-ring (bicyclic) bond motifs is 1. The Bertz CT molecular complexity index is 2080. The number of carbonyl (C=O) groups excluding carboxylic acids is 5. The Labute approximate surface area is 312 Å². The van der Waals surface area contributed by atoms with Gasteiger partial charge in [-0.2, -0.15) is 0 Å². The number of hydrogen-bond donors (Lipinski definition) is 4. The standard InChI is InChI=1S/C39H41ClN6O7/c1-23(37(50)52-6)9-7-8-18-41-35(48)28-17-16-26(31(40)19-28)13-10-25-11-14-27(15-12-25)32-20-29(36(49)45-46-38(51)53-39(3,4)5)30-22-42-34(43-24(2)47)21-33(30)44-32/h11-12,14-17,19-23H,7-9,18H2,1-6H3,(H,41,48)(H,45,49)(H,46,51)(H,42,43,47). The minimum absolute atomic E-state index is 0.170. The second-order valence-electron chi connectivity index (χ2n) is 13.1. The van der Waals surface area contributed by atoms with Gasteiger partial charge in [0.2, 0.25) is 5.91 Å². The van der Waals surface area contributed by atoms with Gasteiger partial charge in [0.1, 0.15) is 11.4 Å². The van der Waals surface area contributed by atoms with E-state index in [4.69, 9.17) is 26.1 Å². The van der Waals surface area contributed by atoms with Gasteiger partial charge in [0.15, 0.2) is 0 Å². The van der Waals surface area contributed by atoms with Crippen molar-refractivity contribution in [3.8, 4) is 23.1 Å². The van der Waals surface area contributed by atoms with Crippen molar-refractivity contribution in [3.63, 3.8) is 0 Å². The van der Waals surface area contributed by atoms with Crippen molar-refractivity contribution in [1.29, 1.82) is 0 Å². The van der Waals surface area contributed by atoms with Crippen LogP contribution in [0.3, 0.4) is 0 Å². The van der Waals surface area contributed by atoms with Crippen LogP contribution < -0.4 is 21.5 Å². The van der Waals surface area contributed by atoms with Crippen LogP contribution in [0.15, 0.2) is 60.8 Å². The number of aromatic nitrogens is 2. The maximum absolute atomic E-state index is 13.3. The van der Waals surface area contributed by atoms with Crippen LogP contribution in [-0.4, -0.2) is 59.0 Å². The van der Waals surface area contributed by atoms with E-state index in [-0.39, 0.29) is 35.1 Å². The maximum Gasteiger partial charge on any atom is 0.426 e. The summed E-state index contributed by atoms with van der Waals surface area (Å²) in [6, 6.07) is 15.2. The number of anilines is 1. The fourth-order valence-corrected chi connectivity index (χ4v) is 5.23. The number of ether oxygens (including phenoxy) is 2. The SMILES string of the molecule is COC(=O)C(C)CCCCNC(=O)c1ccc(C#Cc2ccc(-c3cc(C(=O)NNC(=O)OC(C)(C)C)c4cnc(NC(C)=O)cc4n3)cc2)c(Cl)c1. The van der Waals surface area contributed by atoms with Crippen LogP contribution in [0.25, 0.3) is 22.2 Å². The number of pyridine rings is 2. The Morgan fingerprint density at radius 2 is 1.66 bits per heavy atom. The molecule has 0 aliphatic rings. The quantitative estimate of drug-likeness (QED) is 0.0639. The van der Waals surface area contributed by atoms with Crippen LogP contribution >= 0.6 is 11.6 Å². The number of rotatable bonds is 10. The summed E-state index contributed by atoms with van der Waals surface area (Å²) >= 11 is 6.48. The Balaban J connectivity index is 1.48. The maximum atomic E-state index is 13.3. The van der Waals surface area contributed by atoms with Gasteiger partial charge in [-0.15, -0.1) is 0 Å². The number of nitrogens with one attached hydrogen (secondary N) is 4. The normalized spacial score (nSPS) is 11.4. The number of benzene rings is 2. The Morgan fingerprint density at radius 1 is 0.925 bits per heavy atom. The van der Waals surface area contributed by atoms with Gasteiger partial charge >= 0.3 is 12.1 Å². The second kappa shape index (κ2) is 18.0. The van der Waals surface area contributed by atoms with Crippen LogP contribution in [0, 0.1) is 17.8 Å². The van der Waals surface area contributed by atoms with E-state index in [1.165, 1.54) is 20.2 Å². The zero-order chi connectivity index (χ0) is 38.7. The van der Waals surface area contributed by atoms with Gasteiger partial charge in [-0.05, 0) is 70.0 Å². The lowest BCUT2D eigenvalue weighted by atomic mass is 10.0. The highest BCUT2D eigenvalue weighted by Gasteiger charge is 2.19. The summed E-state index contributed by atoms with van der Waals surface area (Å²) in [6.07, 6.45) is 2.77. The van der Waals surface area contributed by atoms with E-state index in [0.29, 0.717) is 56.8 Å². The molecule has 14 heteroatoms. The first-order valence-electron chi connectivity index (χ1n) is 16.8. The number of carbonyl (C=O) groups is 5. The van der Waals surface area contributed by atoms with Gasteiger partial charge in [-0.3, -0.25) is 24.6 Å². The predicted molar refractivity (Wildman–Crippen MR) is 201 cm³/mol. The molecule has 4 amide bonds. The molecular weight excluding hydrogens is 700 g/mol. The third-order valence-corrected chi connectivity index (χ3v) is 7.94. The lowest BCUT2D eigenvalue weighted by Gasteiger charge is -2.20. The average molecular weight is 741 g/mol. The molecule has 0 aliphatic carbocycles. The first kappa shape index (κ1) is 39.8. The molecule has 1 unspecified atom stereocenters. The third kappa shape index (κ3) is 11.8. The van der Waals surface area contributed by atoms with Crippen LogP contribution in [0.1, 0.15) is 85.7 Å². The number of hydrogen-bond acceptors (Lipinski definition) is 9. The molecule has 2 aromatic carbocycles. The molecular formula is C39H41ClN6O7. The van der Waals surface area contributed by atoms with Gasteiger partial charge in [-0.25, -0.2) is 20.2 Å². The van der Waals surface area contributed by atoms with E-state index in [9.17, 15) is 24.0 Å². The van der Waals surface area contributed by atoms with Gasteiger partial charge in [0.25, 0.3) is 11.8 Å². The zero-order valence-corrected chi connectivity index (χ0v) is 31.1. The van der Waals surface area contributed by atoms with Crippen molar-refractivity contribution in [2.45, 2.75) is 59.5 Å². The molecule has 0 radical (unpaired) electrons. The molecule has 2 heterocycles. The van der Waals surface area contributed by atoms with Gasteiger partial charge in [-0.1, -0.05) is 48.9 Å². The van der Waals surface area contributed by atoms with Gasteiger partial charge in [0, 0.05) is 53.4 Å². The van der Waals surface area contributed by atoms with Gasteiger partial charge < -0.3 is 20.1 Å². The number of amides is 4. The molecule has 0 saturated carbocycles. The first-order valence-corrected chi connectivity index (χ1v) is 17.2. The molecule has 0 fully saturated rings. The van der Waals surface area contributed by atoms with Crippen molar-refractivity contribution in [1.82, 2.24) is 26.1 Å². The summed E-state index contributed by atoms with van der Waals surface area (Å²) < 4.78 is 9.93. The van der Waals surface area contributed by atoms with E-state index in [1.54, 1.807) is 75.4 Å². The molecule has 4 N–H and O–H groups in total. The molecule has 0 spiro atoms.